The smallest absolute Gasteiger partial charge is 0.262 e. The van der Waals surface area contributed by atoms with Crippen LogP contribution in [0.2, 0.25) is 0 Å². The molecule has 1 saturated heterocycles. The van der Waals surface area contributed by atoms with Crippen LogP contribution < -0.4 is 4.72 Å². The minimum absolute atomic E-state index is 0.0772. The first-order chi connectivity index (χ1) is 14.3. The van der Waals surface area contributed by atoms with Crippen LogP contribution in [0.4, 0.5) is 5.69 Å². The first-order valence-corrected chi connectivity index (χ1v) is 11.6. The molecular formula is C20H19BrN4O4S. The molecule has 0 aliphatic carbocycles. The molecular weight excluding hydrogens is 472 g/mol. The van der Waals surface area contributed by atoms with Gasteiger partial charge in [0.2, 0.25) is 0 Å². The van der Waals surface area contributed by atoms with Gasteiger partial charge in [0.1, 0.15) is 10.4 Å². The highest BCUT2D eigenvalue weighted by molar-refractivity contribution is 9.10. The van der Waals surface area contributed by atoms with E-state index in [1.165, 1.54) is 24.5 Å². The maximum atomic E-state index is 13.3. The van der Waals surface area contributed by atoms with Crippen LogP contribution in [0.1, 0.15) is 23.2 Å². The number of hydrogen-bond acceptors (Lipinski definition) is 6. The molecule has 1 fully saturated rings. The molecule has 0 unspecified atom stereocenters. The van der Waals surface area contributed by atoms with E-state index < -0.39 is 16.1 Å². The summed E-state index contributed by atoms with van der Waals surface area (Å²) in [5.41, 5.74) is 1.32. The third kappa shape index (κ3) is 4.16. The van der Waals surface area contributed by atoms with Gasteiger partial charge in [0.15, 0.2) is 0 Å². The Balaban J connectivity index is 1.72. The Bertz CT molecular complexity index is 1210. The fourth-order valence-corrected chi connectivity index (χ4v) is 5.21. The molecule has 0 bridgehead atoms. The molecule has 30 heavy (non-hydrogen) atoms. The Morgan fingerprint density at radius 3 is 2.63 bits per heavy atom. The molecule has 3 aromatic rings. The molecule has 2 heterocycles. The molecule has 2 N–H and O–H groups in total. The van der Waals surface area contributed by atoms with Crippen LogP contribution in [0.25, 0.3) is 11.0 Å². The van der Waals surface area contributed by atoms with E-state index in [9.17, 15) is 18.3 Å². The number of rotatable bonds is 4. The van der Waals surface area contributed by atoms with Crippen molar-refractivity contribution in [3.63, 3.8) is 0 Å². The summed E-state index contributed by atoms with van der Waals surface area (Å²) in [6, 6.07) is 9.55. The summed E-state index contributed by atoms with van der Waals surface area (Å²) in [6.07, 6.45) is 3.52. The normalized spacial score (nSPS) is 15.3. The minimum Gasteiger partial charge on any atom is -0.393 e. The Morgan fingerprint density at radius 2 is 1.87 bits per heavy atom. The number of para-hydroxylation sites is 1. The standard InChI is InChI=1S/C20H19BrN4O4S/c21-13-4-5-15(20(27)25-10-6-14(26)7-11-25)18(12-13)30(28,29)24-17-3-1-2-16-19(17)23-9-8-22-16/h1-5,8-9,12,14,24,26H,6-7,10-11H2. The zero-order valence-electron chi connectivity index (χ0n) is 15.8. The van der Waals surface area contributed by atoms with Gasteiger partial charge in [0, 0.05) is 30.0 Å². The number of aromatic nitrogens is 2. The van der Waals surface area contributed by atoms with Gasteiger partial charge in [-0.05, 0) is 43.2 Å². The van der Waals surface area contributed by atoms with Crippen molar-refractivity contribution in [3.8, 4) is 0 Å². The molecule has 1 amide bonds. The molecule has 0 radical (unpaired) electrons. The van der Waals surface area contributed by atoms with Crippen molar-refractivity contribution in [1.29, 1.82) is 0 Å². The van der Waals surface area contributed by atoms with Gasteiger partial charge in [0.05, 0.1) is 22.9 Å². The lowest BCUT2D eigenvalue weighted by molar-refractivity contribution is 0.0543. The van der Waals surface area contributed by atoms with E-state index >= 15 is 0 Å². The van der Waals surface area contributed by atoms with E-state index in [1.54, 1.807) is 29.2 Å². The number of piperidine rings is 1. The van der Waals surface area contributed by atoms with Crippen molar-refractivity contribution >= 4 is 48.6 Å². The molecule has 1 aromatic heterocycles. The summed E-state index contributed by atoms with van der Waals surface area (Å²) >= 11 is 3.29. The number of fused-ring (bicyclic) bond motifs is 1. The molecule has 0 atom stereocenters. The lowest BCUT2D eigenvalue weighted by atomic mass is 10.1. The van der Waals surface area contributed by atoms with Crippen LogP contribution in [-0.2, 0) is 10.0 Å². The van der Waals surface area contributed by atoms with Crippen LogP contribution >= 0.6 is 15.9 Å². The molecule has 2 aromatic carbocycles. The van der Waals surface area contributed by atoms with Crippen molar-refractivity contribution in [3.05, 3.63) is 58.8 Å². The zero-order valence-corrected chi connectivity index (χ0v) is 18.2. The lowest BCUT2D eigenvalue weighted by Crippen LogP contribution is -2.40. The molecule has 1 aliphatic heterocycles. The van der Waals surface area contributed by atoms with Gasteiger partial charge in [0.25, 0.3) is 15.9 Å². The van der Waals surface area contributed by atoms with Crippen LogP contribution in [0.15, 0.2) is 58.2 Å². The van der Waals surface area contributed by atoms with E-state index in [-0.39, 0.29) is 22.1 Å². The van der Waals surface area contributed by atoms with Crippen molar-refractivity contribution in [2.45, 2.75) is 23.8 Å². The highest BCUT2D eigenvalue weighted by Crippen LogP contribution is 2.28. The molecule has 10 heteroatoms. The van der Waals surface area contributed by atoms with Crippen LogP contribution in [0.5, 0.6) is 0 Å². The molecule has 1 aliphatic rings. The average Bonchev–Trinajstić information content (AvgIpc) is 2.74. The van der Waals surface area contributed by atoms with Crippen molar-refractivity contribution in [2.24, 2.45) is 0 Å². The van der Waals surface area contributed by atoms with Gasteiger partial charge in [-0.2, -0.15) is 0 Å². The summed E-state index contributed by atoms with van der Waals surface area (Å²) in [4.78, 5) is 22.9. The second kappa shape index (κ2) is 8.29. The van der Waals surface area contributed by atoms with Gasteiger partial charge in [-0.3, -0.25) is 19.5 Å². The number of hydrogen-bond donors (Lipinski definition) is 2. The predicted octanol–water partition coefficient (Wildman–Crippen LogP) is 2.79. The fourth-order valence-electron chi connectivity index (χ4n) is 3.41. The van der Waals surface area contributed by atoms with Crippen LogP contribution in [0, 0.1) is 0 Å². The number of sulfonamides is 1. The summed E-state index contributed by atoms with van der Waals surface area (Å²) < 4.78 is 29.6. The van der Waals surface area contributed by atoms with E-state index in [0.717, 1.165) is 0 Å². The number of aliphatic hydroxyl groups is 1. The molecule has 8 nitrogen and oxygen atoms in total. The van der Waals surface area contributed by atoms with Gasteiger partial charge in [-0.15, -0.1) is 0 Å². The summed E-state index contributed by atoms with van der Waals surface area (Å²) in [5.74, 6) is -0.382. The molecule has 156 valence electrons. The van der Waals surface area contributed by atoms with Crippen molar-refractivity contribution in [1.82, 2.24) is 14.9 Å². The van der Waals surface area contributed by atoms with Gasteiger partial charge >= 0.3 is 0 Å². The zero-order chi connectivity index (χ0) is 21.3. The van der Waals surface area contributed by atoms with Crippen LogP contribution in [-0.4, -0.2) is 53.5 Å². The summed E-state index contributed by atoms with van der Waals surface area (Å²) in [5, 5.41) is 9.69. The van der Waals surface area contributed by atoms with Crippen molar-refractivity contribution < 1.29 is 18.3 Å². The highest BCUT2D eigenvalue weighted by atomic mass is 79.9. The number of aliphatic hydroxyl groups excluding tert-OH is 1. The number of nitrogens with one attached hydrogen (secondary N) is 1. The first kappa shape index (κ1) is 20.7. The number of carbonyl (C=O) groups excluding carboxylic acids is 1. The average molecular weight is 491 g/mol. The Morgan fingerprint density at radius 1 is 1.13 bits per heavy atom. The largest absolute Gasteiger partial charge is 0.393 e. The Kier molecular flexibility index (Phi) is 5.72. The number of benzene rings is 2. The number of carbonyl (C=O) groups is 1. The van der Waals surface area contributed by atoms with E-state index in [1.807, 2.05) is 0 Å². The van der Waals surface area contributed by atoms with E-state index in [2.05, 4.69) is 30.6 Å². The summed E-state index contributed by atoms with van der Waals surface area (Å²) in [6.45, 7) is 0.754. The van der Waals surface area contributed by atoms with E-state index in [0.29, 0.717) is 41.4 Å². The number of amides is 1. The van der Waals surface area contributed by atoms with E-state index in [4.69, 9.17) is 0 Å². The Hall–Kier alpha value is -2.56. The topological polar surface area (TPSA) is 112 Å². The van der Waals surface area contributed by atoms with Gasteiger partial charge in [-0.25, -0.2) is 8.42 Å². The quantitative estimate of drug-likeness (QED) is 0.581. The van der Waals surface area contributed by atoms with Crippen LogP contribution in [0.3, 0.4) is 0 Å². The minimum atomic E-state index is -4.10. The molecule has 4 rings (SSSR count). The Labute approximate surface area is 182 Å². The predicted molar refractivity (Wildman–Crippen MR) is 116 cm³/mol. The third-order valence-electron chi connectivity index (χ3n) is 4.96. The molecule has 0 saturated carbocycles. The lowest BCUT2D eigenvalue weighted by Gasteiger charge is -2.30. The first-order valence-electron chi connectivity index (χ1n) is 9.34. The number of halogens is 1. The number of anilines is 1. The third-order valence-corrected chi connectivity index (χ3v) is 6.86. The van der Waals surface area contributed by atoms with Crippen molar-refractivity contribution in [2.75, 3.05) is 17.8 Å². The molecule has 0 spiro atoms. The number of likely N-dealkylation sites (tertiary alicyclic amines) is 1. The van der Waals surface area contributed by atoms with Gasteiger partial charge < -0.3 is 10.0 Å². The van der Waals surface area contributed by atoms with Gasteiger partial charge in [-0.1, -0.05) is 22.0 Å². The summed E-state index contributed by atoms with van der Waals surface area (Å²) in [7, 11) is -4.10. The SMILES string of the molecule is O=C(c1ccc(Br)cc1S(=O)(=O)Nc1cccc2nccnc12)N1CCC(O)CC1. The highest BCUT2D eigenvalue weighted by Gasteiger charge is 2.28. The number of nitrogens with zero attached hydrogens (tertiary/aromatic N) is 3. The maximum Gasteiger partial charge on any atom is 0.262 e. The fraction of sp³-hybridized carbons (Fsp3) is 0.250. The second-order valence-electron chi connectivity index (χ2n) is 7.00. The monoisotopic (exact) mass is 490 g/mol. The second-order valence-corrected chi connectivity index (χ2v) is 9.57. The maximum absolute atomic E-state index is 13.3.